The van der Waals surface area contributed by atoms with Crippen LogP contribution in [0.25, 0.3) is 0 Å². The predicted molar refractivity (Wildman–Crippen MR) is 56.9 cm³/mol. The SMILES string of the molecule is CCC1OCCC1CNC(=O)c1cn[nH]n1. The van der Waals surface area contributed by atoms with Crippen LogP contribution in [-0.2, 0) is 4.74 Å². The van der Waals surface area contributed by atoms with E-state index in [1.165, 1.54) is 6.20 Å². The lowest BCUT2D eigenvalue weighted by Gasteiger charge is -2.16. The molecule has 1 aromatic rings. The summed E-state index contributed by atoms with van der Waals surface area (Å²) in [6.07, 6.45) is 3.69. The van der Waals surface area contributed by atoms with Gasteiger partial charge in [0, 0.05) is 19.1 Å². The largest absolute Gasteiger partial charge is 0.378 e. The molecular formula is C10H16N4O2. The molecule has 6 nitrogen and oxygen atoms in total. The lowest BCUT2D eigenvalue weighted by molar-refractivity contribution is 0.0825. The summed E-state index contributed by atoms with van der Waals surface area (Å²) in [4.78, 5) is 11.6. The van der Waals surface area contributed by atoms with Gasteiger partial charge in [0.1, 0.15) is 0 Å². The summed E-state index contributed by atoms with van der Waals surface area (Å²) in [5, 5.41) is 12.6. The third-order valence-electron chi connectivity index (χ3n) is 2.92. The Balaban J connectivity index is 1.81. The highest BCUT2D eigenvalue weighted by Crippen LogP contribution is 2.22. The van der Waals surface area contributed by atoms with E-state index in [1.807, 2.05) is 0 Å². The molecule has 2 heterocycles. The fourth-order valence-electron chi connectivity index (χ4n) is 2.00. The summed E-state index contributed by atoms with van der Waals surface area (Å²) >= 11 is 0. The van der Waals surface area contributed by atoms with E-state index < -0.39 is 0 Å². The van der Waals surface area contributed by atoms with Crippen molar-refractivity contribution in [2.75, 3.05) is 13.2 Å². The molecule has 2 N–H and O–H groups in total. The molecule has 2 unspecified atom stereocenters. The molecule has 6 heteroatoms. The lowest BCUT2D eigenvalue weighted by atomic mass is 10.00. The molecule has 1 aromatic heterocycles. The summed E-state index contributed by atoms with van der Waals surface area (Å²) in [5.41, 5.74) is 0.326. The van der Waals surface area contributed by atoms with E-state index in [-0.39, 0.29) is 12.0 Å². The molecule has 0 spiro atoms. The number of hydrogen-bond acceptors (Lipinski definition) is 4. The van der Waals surface area contributed by atoms with Crippen molar-refractivity contribution < 1.29 is 9.53 Å². The van der Waals surface area contributed by atoms with Crippen LogP contribution in [0.5, 0.6) is 0 Å². The topological polar surface area (TPSA) is 79.9 Å². The standard InChI is InChI=1S/C10H16N4O2/c1-2-9-7(3-4-16-9)5-11-10(15)8-6-12-14-13-8/h6-7,9H,2-5H2,1H3,(H,11,15)(H,12,13,14). The van der Waals surface area contributed by atoms with Crippen molar-refractivity contribution in [3.05, 3.63) is 11.9 Å². The van der Waals surface area contributed by atoms with Crippen LogP contribution in [0.3, 0.4) is 0 Å². The number of H-pyrrole nitrogens is 1. The van der Waals surface area contributed by atoms with E-state index in [0.29, 0.717) is 18.2 Å². The summed E-state index contributed by atoms with van der Waals surface area (Å²) in [6, 6.07) is 0. The van der Waals surface area contributed by atoms with Crippen LogP contribution in [0.2, 0.25) is 0 Å². The Morgan fingerprint density at radius 2 is 2.62 bits per heavy atom. The Labute approximate surface area is 93.8 Å². The van der Waals surface area contributed by atoms with Gasteiger partial charge in [0.15, 0.2) is 5.69 Å². The molecule has 1 aliphatic rings. The molecule has 0 aliphatic carbocycles. The van der Waals surface area contributed by atoms with E-state index in [1.54, 1.807) is 0 Å². The summed E-state index contributed by atoms with van der Waals surface area (Å²) in [5.74, 6) is 0.233. The van der Waals surface area contributed by atoms with Crippen molar-refractivity contribution in [2.24, 2.45) is 5.92 Å². The first-order chi connectivity index (χ1) is 7.81. The van der Waals surface area contributed by atoms with Crippen LogP contribution >= 0.6 is 0 Å². The third kappa shape index (κ3) is 2.38. The fourth-order valence-corrected chi connectivity index (χ4v) is 2.00. The number of nitrogens with one attached hydrogen (secondary N) is 2. The van der Waals surface area contributed by atoms with E-state index in [4.69, 9.17) is 4.74 Å². The van der Waals surface area contributed by atoms with Crippen LogP contribution in [0, 0.1) is 5.92 Å². The fraction of sp³-hybridized carbons (Fsp3) is 0.700. The maximum atomic E-state index is 11.6. The smallest absolute Gasteiger partial charge is 0.273 e. The quantitative estimate of drug-likeness (QED) is 0.773. The van der Waals surface area contributed by atoms with Crippen LogP contribution in [-0.4, -0.2) is 40.6 Å². The predicted octanol–water partition coefficient (Wildman–Crippen LogP) is 0.350. The summed E-state index contributed by atoms with van der Waals surface area (Å²) in [7, 11) is 0. The number of aromatic amines is 1. The highest BCUT2D eigenvalue weighted by molar-refractivity contribution is 5.91. The van der Waals surface area contributed by atoms with Gasteiger partial charge in [0.2, 0.25) is 0 Å². The summed E-state index contributed by atoms with van der Waals surface area (Å²) in [6.45, 7) is 3.54. The average molecular weight is 224 g/mol. The van der Waals surface area contributed by atoms with Crippen LogP contribution < -0.4 is 5.32 Å². The van der Waals surface area contributed by atoms with Crippen molar-refractivity contribution in [2.45, 2.75) is 25.9 Å². The van der Waals surface area contributed by atoms with E-state index >= 15 is 0 Å². The van der Waals surface area contributed by atoms with Gasteiger partial charge in [-0.3, -0.25) is 4.79 Å². The van der Waals surface area contributed by atoms with Crippen LogP contribution in [0.15, 0.2) is 6.20 Å². The normalized spacial score (nSPS) is 24.6. The second-order valence-electron chi connectivity index (χ2n) is 3.93. The minimum absolute atomic E-state index is 0.185. The molecule has 16 heavy (non-hydrogen) atoms. The van der Waals surface area contributed by atoms with Gasteiger partial charge in [-0.1, -0.05) is 6.92 Å². The Morgan fingerprint density at radius 1 is 1.75 bits per heavy atom. The monoisotopic (exact) mass is 224 g/mol. The van der Waals surface area contributed by atoms with Gasteiger partial charge in [-0.05, 0) is 12.8 Å². The molecule has 1 aliphatic heterocycles. The second kappa shape index (κ2) is 5.07. The highest BCUT2D eigenvalue weighted by atomic mass is 16.5. The lowest BCUT2D eigenvalue weighted by Crippen LogP contribution is -2.32. The van der Waals surface area contributed by atoms with Gasteiger partial charge >= 0.3 is 0 Å². The molecule has 0 bridgehead atoms. The zero-order valence-electron chi connectivity index (χ0n) is 9.27. The first-order valence-corrected chi connectivity index (χ1v) is 5.56. The highest BCUT2D eigenvalue weighted by Gasteiger charge is 2.27. The molecule has 88 valence electrons. The first-order valence-electron chi connectivity index (χ1n) is 5.56. The van der Waals surface area contributed by atoms with Crippen molar-refractivity contribution in [3.63, 3.8) is 0 Å². The van der Waals surface area contributed by atoms with Gasteiger partial charge in [-0.15, -0.1) is 0 Å². The molecule has 0 aromatic carbocycles. The van der Waals surface area contributed by atoms with E-state index in [2.05, 4.69) is 27.7 Å². The number of rotatable bonds is 4. The van der Waals surface area contributed by atoms with Gasteiger partial charge in [0.25, 0.3) is 5.91 Å². The molecule has 2 atom stereocenters. The first kappa shape index (κ1) is 11.1. The van der Waals surface area contributed by atoms with Crippen molar-refractivity contribution in [1.29, 1.82) is 0 Å². The summed E-state index contributed by atoms with van der Waals surface area (Å²) < 4.78 is 5.55. The maximum absolute atomic E-state index is 11.6. The maximum Gasteiger partial charge on any atom is 0.273 e. The van der Waals surface area contributed by atoms with Crippen LogP contribution in [0.1, 0.15) is 30.3 Å². The molecule has 2 rings (SSSR count). The average Bonchev–Trinajstić information content (AvgIpc) is 2.96. The number of carbonyl (C=O) groups excluding carboxylic acids is 1. The Hall–Kier alpha value is -1.43. The number of hydrogen-bond donors (Lipinski definition) is 2. The minimum Gasteiger partial charge on any atom is -0.378 e. The minimum atomic E-state index is -0.185. The number of amides is 1. The van der Waals surface area contributed by atoms with Crippen molar-refractivity contribution in [1.82, 2.24) is 20.7 Å². The van der Waals surface area contributed by atoms with Gasteiger partial charge in [-0.2, -0.15) is 15.4 Å². The molecule has 1 fully saturated rings. The van der Waals surface area contributed by atoms with Crippen molar-refractivity contribution >= 4 is 5.91 Å². The number of carbonyl (C=O) groups is 1. The van der Waals surface area contributed by atoms with Gasteiger partial charge < -0.3 is 10.1 Å². The second-order valence-corrected chi connectivity index (χ2v) is 3.93. The number of ether oxygens (including phenoxy) is 1. The van der Waals surface area contributed by atoms with Gasteiger partial charge in [-0.25, -0.2) is 0 Å². The molecular weight excluding hydrogens is 208 g/mol. The molecule has 1 saturated heterocycles. The Bertz CT molecular complexity index is 339. The third-order valence-corrected chi connectivity index (χ3v) is 2.92. The van der Waals surface area contributed by atoms with Crippen molar-refractivity contribution in [3.8, 4) is 0 Å². The Kier molecular flexibility index (Phi) is 3.51. The zero-order valence-corrected chi connectivity index (χ0v) is 9.27. The van der Waals surface area contributed by atoms with E-state index in [9.17, 15) is 4.79 Å². The molecule has 0 radical (unpaired) electrons. The molecule has 0 saturated carbocycles. The number of aromatic nitrogens is 3. The van der Waals surface area contributed by atoms with Gasteiger partial charge in [0.05, 0.1) is 12.3 Å². The molecule has 1 amide bonds. The zero-order chi connectivity index (χ0) is 11.4. The number of nitrogens with zero attached hydrogens (tertiary/aromatic N) is 2. The van der Waals surface area contributed by atoms with E-state index in [0.717, 1.165) is 19.4 Å². The van der Waals surface area contributed by atoms with Crippen LogP contribution in [0.4, 0.5) is 0 Å². The Morgan fingerprint density at radius 3 is 3.31 bits per heavy atom.